The van der Waals surface area contributed by atoms with Gasteiger partial charge < -0.3 is 25.7 Å². The van der Waals surface area contributed by atoms with Gasteiger partial charge in [-0.3, -0.25) is 0 Å². The Morgan fingerprint density at radius 3 is 2.74 bits per heavy atom. The van der Waals surface area contributed by atoms with Gasteiger partial charge in [0.15, 0.2) is 0 Å². The number of nitrogens with two attached hydrogens (primary N) is 2. The molecule has 5 fully saturated rings. The van der Waals surface area contributed by atoms with E-state index < -0.39 is 5.60 Å². The predicted molar refractivity (Wildman–Crippen MR) is 117 cm³/mol. The minimum Gasteiger partial charge on any atom is -0.472 e. The molecule has 4 aliphatic carbocycles. The third-order valence-electron chi connectivity index (χ3n) is 10.4. The highest BCUT2D eigenvalue weighted by atomic mass is 16.6. The van der Waals surface area contributed by atoms with Crippen LogP contribution in [0.25, 0.3) is 0 Å². The van der Waals surface area contributed by atoms with Gasteiger partial charge >= 0.3 is 0 Å². The van der Waals surface area contributed by atoms with Crippen LogP contribution in [-0.2, 0) is 10.3 Å². The number of hydrogen-bond donors (Lipinski definition) is 3. The largest absolute Gasteiger partial charge is 0.472 e. The number of furan rings is 1. The maximum absolute atomic E-state index is 11.9. The fraction of sp³-hybridized carbons (Fsp3) is 0.750. The van der Waals surface area contributed by atoms with Crippen LogP contribution in [0.15, 0.2) is 33.2 Å². The van der Waals surface area contributed by atoms with Crippen molar-refractivity contribution in [1.82, 2.24) is 0 Å². The smallest absolute Gasteiger partial charge is 0.211 e. The van der Waals surface area contributed by atoms with Crippen LogP contribution in [0.3, 0.4) is 0 Å². The number of epoxide rings is 1. The average molecular weight is 427 g/mol. The van der Waals surface area contributed by atoms with Crippen LogP contribution in [0, 0.1) is 28.6 Å². The second-order valence-electron chi connectivity index (χ2n) is 11.2. The minimum absolute atomic E-state index is 0.0264. The summed E-state index contributed by atoms with van der Waals surface area (Å²) >= 11 is 0. The molecule has 1 aliphatic heterocycles. The Kier molecular flexibility index (Phi) is 3.92. The van der Waals surface area contributed by atoms with Gasteiger partial charge in [-0.05, 0) is 74.2 Å². The number of hydrogen-bond acceptors (Lipinski definition) is 5. The van der Waals surface area contributed by atoms with Gasteiger partial charge in [-0.25, -0.2) is 0 Å². The zero-order valence-electron chi connectivity index (χ0n) is 18.5. The standard InChI is InChI=1S/C24H34N4O3/c1-21-8-5-16(27-28-20(25)26)11-14(21)3-4-18-17(21)6-9-22(2)23(29,15-7-10-30-13-15)12-19-24(18,22)31-19/h7,10,13-14,17-19,29H,3-6,8-9,11-12H2,1-2H3,(H4,25,26,28)/b27-16-/t14-,17+,18-,19-,21+,22-,23+,24-/m1/s1. The lowest BCUT2D eigenvalue weighted by atomic mass is 9.43. The molecule has 2 heterocycles. The van der Waals surface area contributed by atoms with Crippen molar-refractivity contribution in [2.24, 2.45) is 50.3 Å². The zero-order valence-corrected chi connectivity index (χ0v) is 18.5. The van der Waals surface area contributed by atoms with E-state index in [4.69, 9.17) is 20.6 Å². The quantitative estimate of drug-likeness (QED) is 0.290. The Morgan fingerprint density at radius 1 is 1.16 bits per heavy atom. The number of fused-ring (bicyclic) bond motifs is 3. The molecule has 4 saturated carbocycles. The van der Waals surface area contributed by atoms with Crippen molar-refractivity contribution >= 4 is 11.7 Å². The molecule has 5 N–H and O–H groups in total. The average Bonchev–Trinajstić information content (AvgIpc) is 3.10. The Balaban J connectivity index is 1.31. The van der Waals surface area contributed by atoms with Gasteiger partial charge in [0.05, 0.1) is 18.6 Å². The summed E-state index contributed by atoms with van der Waals surface area (Å²) in [5.74, 6) is 1.77. The monoisotopic (exact) mass is 426 g/mol. The highest BCUT2D eigenvalue weighted by molar-refractivity contribution is 5.86. The van der Waals surface area contributed by atoms with Crippen LogP contribution >= 0.6 is 0 Å². The highest BCUT2D eigenvalue weighted by Crippen LogP contribution is 2.78. The third-order valence-corrected chi connectivity index (χ3v) is 10.4. The van der Waals surface area contributed by atoms with Crippen molar-refractivity contribution in [2.45, 2.75) is 82.5 Å². The Labute approximate surface area is 183 Å². The third kappa shape index (κ3) is 2.31. The summed E-state index contributed by atoms with van der Waals surface area (Å²) in [4.78, 5) is 0. The topological polar surface area (TPSA) is 123 Å². The van der Waals surface area contributed by atoms with Gasteiger partial charge in [-0.15, -0.1) is 5.10 Å². The van der Waals surface area contributed by atoms with Gasteiger partial charge in [0.1, 0.15) is 11.2 Å². The molecular weight excluding hydrogens is 392 g/mol. The van der Waals surface area contributed by atoms with E-state index in [2.05, 4.69) is 24.1 Å². The molecule has 0 radical (unpaired) electrons. The molecular formula is C24H34N4O3. The van der Waals surface area contributed by atoms with Crippen molar-refractivity contribution in [3.8, 4) is 0 Å². The molecule has 0 amide bonds. The van der Waals surface area contributed by atoms with Gasteiger partial charge in [0.2, 0.25) is 5.96 Å². The summed E-state index contributed by atoms with van der Waals surface area (Å²) in [6.45, 7) is 4.78. The minimum atomic E-state index is -0.863. The van der Waals surface area contributed by atoms with Crippen LogP contribution in [0.4, 0.5) is 0 Å². The van der Waals surface area contributed by atoms with Crippen molar-refractivity contribution in [3.63, 3.8) is 0 Å². The molecule has 1 spiro atoms. The Hall–Kier alpha value is -1.86. The first kappa shape index (κ1) is 19.8. The number of guanidine groups is 1. The van der Waals surface area contributed by atoms with E-state index >= 15 is 0 Å². The summed E-state index contributed by atoms with van der Waals surface area (Å²) in [6, 6.07) is 1.94. The van der Waals surface area contributed by atoms with Crippen LogP contribution in [0.2, 0.25) is 0 Å². The van der Waals surface area contributed by atoms with E-state index in [-0.39, 0.29) is 28.5 Å². The van der Waals surface area contributed by atoms with E-state index in [1.54, 1.807) is 12.5 Å². The molecule has 1 aromatic rings. The van der Waals surface area contributed by atoms with Crippen molar-refractivity contribution < 1.29 is 14.3 Å². The molecule has 1 saturated heterocycles. The number of nitrogens with zero attached hydrogens (tertiary/aromatic N) is 2. The Bertz CT molecular complexity index is 956. The second-order valence-corrected chi connectivity index (χ2v) is 11.2. The van der Waals surface area contributed by atoms with Crippen LogP contribution < -0.4 is 11.5 Å². The lowest BCUT2D eigenvalue weighted by Gasteiger charge is -2.61. The fourth-order valence-electron chi connectivity index (χ4n) is 8.68. The van der Waals surface area contributed by atoms with E-state index in [0.29, 0.717) is 24.2 Å². The summed E-state index contributed by atoms with van der Waals surface area (Å²) in [6.07, 6.45) is 11.8. The van der Waals surface area contributed by atoms with Gasteiger partial charge in [-0.2, -0.15) is 5.10 Å². The molecule has 0 bridgehead atoms. The first-order valence-electron chi connectivity index (χ1n) is 11.8. The molecule has 5 aliphatic rings. The molecule has 0 aromatic carbocycles. The maximum atomic E-state index is 11.9. The summed E-state index contributed by atoms with van der Waals surface area (Å²) in [5, 5.41) is 20.2. The van der Waals surface area contributed by atoms with Gasteiger partial charge in [0.25, 0.3) is 0 Å². The van der Waals surface area contributed by atoms with E-state index in [1.807, 2.05) is 6.07 Å². The fourth-order valence-corrected chi connectivity index (χ4v) is 8.68. The summed E-state index contributed by atoms with van der Waals surface area (Å²) in [7, 11) is 0. The highest BCUT2D eigenvalue weighted by Gasteiger charge is 2.84. The van der Waals surface area contributed by atoms with Crippen molar-refractivity contribution in [2.75, 3.05) is 0 Å². The van der Waals surface area contributed by atoms with Gasteiger partial charge in [-0.1, -0.05) is 13.8 Å². The normalized spacial score (nSPS) is 51.4. The molecule has 8 atom stereocenters. The molecule has 168 valence electrons. The summed E-state index contributed by atoms with van der Waals surface area (Å²) < 4.78 is 11.9. The molecule has 0 unspecified atom stereocenters. The molecule has 7 nitrogen and oxygen atoms in total. The molecule has 31 heavy (non-hydrogen) atoms. The van der Waals surface area contributed by atoms with Crippen LogP contribution in [-0.4, -0.2) is 28.5 Å². The SMILES string of the molecule is C[C@]12CC/C(=N/N=C(N)N)C[C@H]1CC[C@@H]1[C@@H]2CC[C@@]2(C)[C@@]13O[C@@H]3C[C@]2(O)c1ccoc1. The van der Waals surface area contributed by atoms with Crippen LogP contribution in [0.1, 0.15) is 70.8 Å². The first-order chi connectivity index (χ1) is 14.7. The zero-order chi connectivity index (χ0) is 21.6. The maximum Gasteiger partial charge on any atom is 0.211 e. The van der Waals surface area contributed by atoms with E-state index in [9.17, 15) is 5.11 Å². The first-order valence-corrected chi connectivity index (χ1v) is 11.8. The Morgan fingerprint density at radius 2 is 2.00 bits per heavy atom. The molecule has 6 rings (SSSR count). The van der Waals surface area contributed by atoms with E-state index in [0.717, 1.165) is 49.8 Å². The number of aliphatic hydroxyl groups is 1. The van der Waals surface area contributed by atoms with Crippen molar-refractivity contribution in [3.05, 3.63) is 24.2 Å². The predicted octanol–water partition coefficient (Wildman–Crippen LogP) is 3.27. The lowest BCUT2D eigenvalue weighted by Crippen LogP contribution is -2.61. The van der Waals surface area contributed by atoms with Gasteiger partial charge in [0, 0.05) is 23.1 Å². The molecule has 1 aromatic heterocycles. The van der Waals surface area contributed by atoms with E-state index in [1.165, 1.54) is 6.42 Å². The number of ether oxygens (including phenoxy) is 1. The number of rotatable bonds is 2. The van der Waals surface area contributed by atoms with Crippen LogP contribution in [0.5, 0.6) is 0 Å². The van der Waals surface area contributed by atoms with Crippen molar-refractivity contribution in [1.29, 1.82) is 0 Å². The lowest BCUT2D eigenvalue weighted by molar-refractivity contribution is -0.187. The summed E-state index contributed by atoms with van der Waals surface area (Å²) in [5.41, 5.74) is 11.9. The molecule has 7 heteroatoms. The second kappa shape index (κ2) is 6.13.